The first kappa shape index (κ1) is 18.0. The molecule has 0 spiro atoms. The average Bonchev–Trinajstić information content (AvgIpc) is 2.85. The molecule has 0 saturated carbocycles. The fraction of sp³-hybridized carbons (Fsp3) is 0.333. The highest BCUT2D eigenvalue weighted by atomic mass is 32.1. The number of aromatic nitrogens is 1. The predicted molar refractivity (Wildman–Crippen MR) is 96.2 cm³/mol. The van der Waals surface area contributed by atoms with Crippen LogP contribution in [0.2, 0.25) is 0 Å². The molecule has 0 amide bonds. The lowest BCUT2D eigenvalue weighted by Gasteiger charge is -2.12. The van der Waals surface area contributed by atoms with Crippen LogP contribution in [0.4, 0.5) is 0 Å². The monoisotopic (exact) mass is 347 g/mol. The molecular formula is C18H21NO4S. The number of benzene rings is 1. The zero-order valence-corrected chi connectivity index (χ0v) is 15.2. The first-order valence-corrected chi connectivity index (χ1v) is 8.24. The van der Waals surface area contributed by atoms with Gasteiger partial charge in [0.25, 0.3) is 5.56 Å². The Hall–Kier alpha value is -2.34. The van der Waals surface area contributed by atoms with Gasteiger partial charge in [-0.2, -0.15) is 0 Å². The zero-order valence-electron chi connectivity index (χ0n) is 14.4. The van der Waals surface area contributed by atoms with Crippen molar-refractivity contribution < 1.29 is 14.3 Å². The largest absolute Gasteiger partial charge is 0.497 e. The summed E-state index contributed by atoms with van der Waals surface area (Å²) in [6.45, 7) is 5.52. The Labute approximate surface area is 144 Å². The summed E-state index contributed by atoms with van der Waals surface area (Å²) in [5.41, 5.74) is 0.0762. The van der Waals surface area contributed by atoms with Gasteiger partial charge in [0, 0.05) is 17.6 Å². The van der Waals surface area contributed by atoms with E-state index in [0.717, 1.165) is 5.56 Å². The number of H-pyrrole nitrogens is 1. The molecule has 0 aliphatic rings. The van der Waals surface area contributed by atoms with E-state index in [1.807, 2.05) is 32.9 Å². The lowest BCUT2D eigenvalue weighted by atomic mass is 9.91. The van der Waals surface area contributed by atoms with Gasteiger partial charge in [0.15, 0.2) is 5.78 Å². The molecule has 1 aromatic heterocycles. The topological polar surface area (TPSA) is 68.4 Å². The summed E-state index contributed by atoms with van der Waals surface area (Å²) in [6.07, 6.45) is 3.23. The number of thiazole rings is 1. The molecule has 2 rings (SSSR count). The minimum atomic E-state index is -0.481. The van der Waals surface area contributed by atoms with Gasteiger partial charge in [-0.05, 0) is 23.8 Å². The molecule has 0 fully saturated rings. The highest BCUT2D eigenvalue weighted by Gasteiger charge is 2.18. The molecule has 6 heteroatoms. The number of hydrogen-bond acceptors (Lipinski definition) is 5. The summed E-state index contributed by atoms with van der Waals surface area (Å²) in [4.78, 5) is 26.9. The number of Topliss-reactive ketones (excluding diaryl/α,β-unsaturated/α-hetero) is 1. The van der Waals surface area contributed by atoms with Crippen molar-refractivity contribution in [1.29, 1.82) is 0 Å². The molecule has 0 atom stereocenters. The molecule has 0 bridgehead atoms. The lowest BCUT2D eigenvalue weighted by Crippen LogP contribution is -2.22. The number of ketones is 1. The first-order chi connectivity index (χ1) is 11.2. The normalized spacial score (nSPS) is 13.2. The van der Waals surface area contributed by atoms with Crippen molar-refractivity contribution in [2.75, 3.05) is 14.2 Å². The van der Waals surface area contributed by atoms with E-state index in [2.05, 4.69) is 4.98 Å². The summed E-state index contributed by atoms with van der Waals surface area (Å²) in [5, 5.41) is 0. The minimum Gasteiger partial charge on any atom is -0.497 e. The third-order valence-corrected chi connectivity index (χ3v) is 4.32. The van der Waals surface area contributed by atoms with Crippen LogP contribution in [0.1, 0.15) is 26.3 Å². The second-order valence-corrected chi connectivity index (χ2v) is 7.42. The number of carbonyl (C=O) groups excluding carboxylic acids is 1. The van der Waals surface area contributed by atoms with Crippen LogP contribution in [0.3, 0.4) is 0 Å². The Morgan fingerprint density at radius 2 is 1.71 bits per heavy atom. The summed E-state index contributed by atoms with van der Waals surface area (Å²) < 4.78 is 11.5. The number of aromatic amines is 1. The van der Waals surface area contributed by atoms with Crippen LogP contribution in [0, 0.1) is 5.41 Å². The molecule has 0 aliphatic heterocycles. The highest BCUT2D eigenvalue weighted by Crippen LogP contribution is 2.22. The van der Waals surface area contributed by atoms with Gasteiger partial charge in [-0.15, -0.1) is 11.3 Å². The van der Waals surface area contributed by atoms with Gasteiger partial charge in [-0.25, -0.2) is 0 Å². The van der Waals surface area contributed by atoms with Crippen molar-refractivity contribution in [2.45, 2.75) is 20.8 Å². The molecule has 0 saturated heterocycles. The van der Waals surface area contributed by atoms with E-state index in [4.69, 9.17) is 9.47 Å². The maximum atomic E-state index is 12.1. The van der Waals surface area contributed by atoms with Crippen LogP contribution >= 0.6 is 11.3 Å². The Morgan fingerprint density at radius 1 is 1.12 bits per heavy atom. The smallest absolute Gasteiger partial charge is 0.266 e. The van der Waals surface area contributed by atoms with E-state index in [-0.39, 0.29) is 11.3 Å². The van der Waals surface area contributed by atoms with Crippen LogP contribution in [-0.2, 0) is 4.79 Å². The van der Waals surface area contributed by atoms with Gasteiger partial charge in [0.05, 0.1) is 23.4 Å². The van der Waals surface area contributed by atoms with Crippen molar-refractivity contribution in [1.82, 2.24) is 4.98 Å². The number of hydrogen-bond donors (Lipinski definition) is 1. The van der Waals surface area contributed by atoms with E-state index in [9.17, 15) is 9.59 Å². The molecule has 1 heterocycles. The Balaban J connectivity index is 2.51. The summed E-state index contributed by atoms with van der Waals surface area (Å²) in [5.74, 6) is 1.25. The Morgan fingerprint density at radius 3 is 2.21 bits per heavy atom. The first-order valence-electron chi connectivity index (χ1n) is 7.43. The molecule has 0 unspecified atom stereocenters. The van der Waals surface area contributed by atoms with Crippen molar-refractivity contribution in [2.24, 2.45) is 5.41 Å². The van der Waals surface area contributed by atoms with Gasteiger partial charge in [0.2, 0.25) is 0 Å². The third kappa shape index (κ3) is 4.35. The standard InChI is InChI=1S/C18H21NO4S/c1-18(2,3)15(20)10-16-19-17(21)14(24-16)8-11-6-12(22-4)9-13(7-11)23-5/h6-10H,1-5H3,(H,19,21). The van der Waals surface area contributed by atoms with Gasteiger partial charge in [-0.1, -0.05) is 20.8 Å². The molecule has 0 radical (unpaired) electrons. The molecule has 2 aromatic rings. The summed E-state index contributed by atoms with van der Waals surface area (Å²) in [7, 11) is 3.14. The maximum absolute atomic E-state index is 12.1. The zero-order chi connectivity index (χ0) is 17.9. The van der Waals surface area contributed by atoms with E-state index in [1.165, 1.54) is 17.4 Å². The Kier molecular flexibility index (Phi) is 5.29. The number of nitrogens with one attached hydrogen (secondary N) is 1. The minimum absolute atomic E-state index is 0.0328. The number of rotatable bonds is 4. The van der Waals surface area contributed by atoms with E-state index in [0.29, 0.717) is 20.7 Å². The number of ether oxygens (including phenoxy) is 2. The van der Waals surface area contributed by atoms with Crippen LogP contribution in [0.25, 0.3) is 12.2 Å². The van der Waals surface area contributed by atoms with Crippen molar-refractivity contribution in [3.05, 3.63) is 43.3 Å². The molecule has 5 nitrogen and oxygen atoms in total. The molecule has 24 heavy (non-hydrogen) atoms. The fourth-order valence-electron chi connectivity index (χ4n) is 1.92. The summed E-state index contributed by atoms with van der Waals surface area (Å²) >= 11 is 1.24. The van der Waals surface area contributed by atoms with E-state index in [1.54, 1.807) is 26.4 Å². The maximum Gasteiger partial charge on any atom is 0.266 e. The molecule has 0 aliphatic carbocycles. The van der Waals surface area contributed by atoms with Gasteiger partial charge >= 0.3 is 0 Å². The van der Waals surface area contributed by atoms with Crippen LogP contribution < -0.4 is 24.2 Å². The van der Waals surface area contributed by atoms with Crippen molar-refractivity contribution >= 4 is 29.3 Å². The second-order valence-electron chi connectivity index (χ2n) is 6.33. The SMILES string of the molecule is COc1cc(C=c2sc(=CC(=O)C(C)(C)C)[nH]c2=O)cc(OC)c1. The van der Waals surface area contributed by atoms with Crippen LogP contribution in [-0.4, -0.2) is 25.0 Å². The number of carbonyl (C=O) groups is 1. The molecular weight excluding hydrogens is 326 g/mol. The fourth-order valence-corrected chi connectivity index (χ4v) is 2.81. The van der Waals surface area contributed by atoms with Gasteiger partial charge in [-0.3, -0.25) is 9.59 Å². The lowest BCUT2D eigenvalue weighted by molar-refractivity contribution is -0.119. The number of methoxy groups -OCH3 is 2. The summed E-state index contributed by atoms with van der Waals surface area (Å²) in [6, 6.07) is 5.38. The van der Waals surface area contributed by atoms with E-state index < -0.39 is 5.41 Å². The molecule has 1 aromatic carbocycles. The van der Waals surface area contributed by atoms with E-state index >= 15 is 0 Å². The molecule has 1 N–H and O–H groups in total. The van der Waals surface area contributed by atoms with Crippen molar-refractivity contribution in [3.63, 3.8) is 0 Å². The van der Waals surface area contributed by atoms with Gasteiger partial charge < -0.3 is 14.5 Å². The van der Waals surface area contributed by atoms with Gasteiger partial charge in [0.1, 0.15) is 11.5 Å². The van der Waals surface area contributed by atoms with Crippen LogP contribution in [0.15, 0.2) is 23.0 Å². The predicted octanol–water partition coefficient (Wildman–Crippen LogP) is 1.68. The molecule has 128 valence electrons. The second kappa shape index (κ2) is 7.05. The average molecular weight is 347 g/mol. The Bertz CT molecular complexity index is 893. The van der Waals surface area contributed by atoms with Crippen molar-refractivity contribution in [3.8, 4) is 11.5 Å². The highest BCUT2D eigenvalue weighted by molar-refractivity contribution is 7.07. The third-order valence-electron chi connectivity index (χ3n) is 3.35. The quantitative estimate of drug-likeness (QED) is 0.914. The van der Waals surface area contributed by atoms with Crippen LogP contribution in [0.5, 0.6) is 11.5 Å².